The Morgan fingerprint density at radius 1 is 1.39 bits per heavy atom. The summed E-state index contributed by atoms with van der Waals surface area (Å²) in [7, 11) is 0. The molecule has 3 nitrogen and oxygen atoms in total. The quantitative estimate of drug-likeness (QED) is 0.585. The van der Waals surface area contributed by atoms with E-state index in [1.165, 1.54) is 0 Å². The van der Waals surface area contributed by atoms with E-state index in [1.807, 2.05) is 0 Å². The van der Waals surface area contributed by atoms with Gasteiger partial charge in [0.2, 0.25) is 0 Å². The third-order valence-corrected chi connectivity index (χ3v) is 3.86. The van der Waals surface area contributed by atoms with E-state index in [0.717, 1.165) is 38.5 Å². The lowest BCUT2D eigenvalue weighted by Crippen LogP contribution is -2.31. The summed E-state index contributed by atoms with van der Waals surface area (Å²) < 4.78 is 5.56. The molecule has 0 aromatic heterocycles. The normalized spacial score (nSPS) is 25.5. The van der Waals surface area contributed by atoms with Crippen LogP contribution in [-0.4, -0.2) is 23.8 Å². The van der Waals surface area contributed by atoms with Crippen LogP contribution in [0.1, 0.15) is 52.4 Å². The molecule has 0 aromatic carbocycles. The molecule has 1 atom stereocenters. The highest BCUT2D eigenvalue weighted by Gasteiger charge is 2.29. The molecule has 1 aliphatic carbocycles. The molecule has 1 aliphatic rings. The van der Waals surface area contributed by atoms with Gasteiger partial charge in [-0.2, -0.15) is 0 Å². The van der Waals surface area contributed by atoms with Gasteiger partial charge in [0.15, 0.2) is 0 Å². The Hall–Kier alpha value is -0.830. The molecule has 0 radical (unpaired) electrons. The summed E-state index contributed by atoms with van der Waals surface area (Å²) in [6, 6.07) is 0. The van der Waals surface area contributed by atoms with Crippen molar-refractivity contribution in [3.05, 3.63) is 12.2 Å². The van der Waals surface area contributed by atoms with Crippen molar-refractivity contribution in [1.82, 2.24) is 0 Å². The molecule has 1 N–H and O–H groups in total. The Bertz CT molecular complexity index is 277. The third kappa shape index (κ3) is 4.45. The number of aliphatic hydroxyl groups excluding tert-OH is 1. The summed E-state index contributed by atoms with van der Waals surface area (Å²) in [5.74, 6) is 0.633. The average molecular weight is 254 g/mol. The molecule has 1 rings (SSSR count). The second kappa shape index (κ2) is 7.57. The number of ether oxygens (including phenoxy) is 1. The van der Waals surface area contributed by atoms with Crippen LogP contribution in [0.3, 0.4) is 0 Å². The maximum Gasteiger partial charge on any atom is 0.333 e. The number of aliphatic hydroxyl groups is 1. The zero-order valence-corrected chi connectivity index (χ0v) is 11.7. The third-order valence-electron chi connectivity index (χ3n) is 3.86. The molecular formula is C15H26O3. The second-order valence-corrected chi connectivity index (χ2v) is 5.48. The van der Waals surface area contributed by atoms with E-state index in [0.29, 0.717) is 17.4 Å². The summed E-state index contributed by atoms with van der Waals surface area (Å²) >= 11 is 0. The van der Waals surface area contributed by atoms with Crippen molar-refractivity contribution in [2.75, 3.05) is 6.61 Å². The molecule has 1 fully saturated rings. The van der Waals surface area contributed by atoms with Gasteiger partial charge in [0.05, 0.1) is 0 Å². The number of carbonyl (C=O) groups is 1. The van der Waals surface area contributed by atoms with E-state index in [4.69, 9.17) is 9.84 Å². The molecule has 18 heavy (non-hydrogen) atoms. The largest absolute Gasteiger partial charge is 0.459 e. The van der Waals surface area contributed by atoms with Crippen LogP contribution < -0.4 is 0 Å². The van der Waals surface area contributed by atoms with Crippen molar-refractivity contribution in [1.29, 1.82) is 0 Å². The highest BCUT2D eigenvalue weighted by atomic mass is 16.5. The molecular weight excluding hydrogens is 228 g/mol. The first-order chi connectivity index (χ1) is 8.58. The fourth-order valence-electron chi connectivity index (χ4n) is 2.66. The van der Waals surface area contributed by atoms with Gasteiger partial charge in [0.25, 0.3) is 0 Å². The van der Waals surface area contributed by atoms with E-state index in [2.05, 4.69) is 13.5 Å². The minimum absolute atomic E-state index is 0.0267. The predicted octanol–water partition coefficient (Wildman–Crippen LogP) is 3.07. The first kappa shape index (κ1) is 15.2. The van der Waals surface area contributed by atoms with E-state index in [1.54, 1.807) is 6.92 Å². The SMILES string of the molecule is C=C(C)C(=O)OC(CCC)C1CCC(CO)CC1. The number of esters is 1. The predicted molar refractivity (Wildman–Crippen MR) is 72.1 cm³/mol. The van der Waals surface area contributed by atoms with Crippen molar-refractivity contribution < 1.29 is 14.6 Å². The van der Waals surface area contributed by atoms with Gasteiger partial charge < -0.3 is 9.84 Å². The Morgan fingerprint density at radius 3 is 2.44 bits per heavy atom. The smallest absolute Gasteiger partial charge is 0.333 e. The molecule has 0 aromatic rings. The van der Waals surface area contributed by atoms with Crippen LogP contribution in [0.5, 0.6) is 0 Å². The summed E-state index contributed by atoms with van der Waals surface area (Å²) in [6.45, 7) is 7.72. The molecule has 0 amide bonds. The van der Waals surface area contributed by atoms with Gasteiger partial charge in [0.1, 0.15) is 6.10 Å². The molecule has 0 aliphatic heterocycles. The standard InChI is InChI=1S/C15H26O3/c1-4-5-14(18-15(17)11(2)3)13-8-6-12(10-16)7-9-13/h12-14,16H,2,4-10H2,1,3H3. The first-order valence-corrected chi connectivity index (χ1v) is 7.05. The van der Waals surface area contributed by atoms with Gasteiger partial charge in [-0.1, -0.05) is 19.9 Å². The van der Waals surface area contributed by atoms with Crippen molar-refractivity contribution >= 4 is 5.97 Å². The van der Waals surface area contributed by atoms with Crippen LogP contribution in [0.4, 0.5) is 0 Å². The first-order valence-electron chi connectivity index (χ1n) is 7.05. The van der Waals surface area contributed by atoms with Gasteiger partial charge in [-0.15, -0.1) is 0 Å². The average Bonchev–Trinajstić information content (AvgIpc) is 2.38. The maximum absolute atomic E-state index is 11.6. The lowest BCUT2D eigenvalue weighted by Gasteiger charge is -2.33. The van der Waals surface area contributed by atoms with Crippen LogP contribution in [0, 0.1) is 11.8 Å². The van der Waals surface area contributed by atoms with E-state index in [-0.39, 0.29) is 18.7 Å². The van der Waals surface area contributed by atoms with Crippen LogP contribution in [0.2, 0.25) is 0 Å². The zero-order chi connectivity index (χ0) is 13.5. The van der Waals surface area contributed by atoms with E-state index < -0.39 is 0 Å². The maximum atomic E-state index is 11.6. The van der Waals surface area contributed by atoms with Crippen LogP contribution in [0.15, 0.2) is 12.2 Å². The second-order valence-electron chi connectivity index (χ2n) is 5.48. The molecule has 0 bridgehead atoms. The van der Waals surface area contributed by atoms with Gasteiger partial charge >= 0.3 is 5.97 Å². The van der Waals surface area contributed by atoms with E-state index in [9.17, 15) is 4.79 Å². The van der Waals surface area contributed by atoms with Gasteiger partial charge in [-0.3, -0.25) is 0 Å². The summed E-state index contributed by atoms with van der Waals surface area (Å²) in [4.78, 5) is 11.6. The van der Waals surface area contributed by atoms with Crippen LogP contribution in [0.25, 0.3) is 0 Å². The molecule has 1 saturated carbocycles. The fourth-order valence-corrected chi connectivity index (χ4v) is 2.66. The van der Waals surface area contributed by atoms with Crippen molar-refractivity contribution in [2.24, 2.45) is 11.8 Å². The Balaban J connectivity index is 2.51. The number of carbonyl (C=O) groups excluding carboxylic acids is 1. The fraction of sp³-hybridized carbons (Fsp3) is 0.800. The van der Waals surface area contributed by atoms with Gasteiger partial charge in [0, 0.05) is 12.2 Å². The van der Waals surface area contributed by atoms with Crippen molar-refractivity contribution in [3.8, 4) is 0 Å². The highest BCUT2D eigenvalue weighted by Crippen LogP contribution is 2.33. The lowest BCUT2D eigenvalue weighted by molar-refractivity contribution is -0.148. The molecule has 1 unspecified atom stereocenters. The number of hydrogen-bond donors (Lipinski definition) is 1. The molecule has 0 saturated heterocycles. The van der Waals surface area contributed by atoms with Crippen LogP contribution in [-0.2, 0) is 9.53 Å². The molecule has 3 heteroatoms. The van der Waals surface area contributed by atoms with Crippen molar-refractivity contribution in [3.63, 3.8) is 0 Å². The number of hydrogen-bond acceptors (Lipinski definition) is 3. The monoisotopic (exact) mass is 254 g/mol. The lowest BCUT2D eigenvalue weighted by atomic mass is 9.78. The van der Waals surface area contributed by atoms with Gasteiger partial charge in [-0.05, 0) is 50.9 Å². The molecule has 104 valence electrons. The summed E-state index contributed by atoms with van der Waals surface area (Å²) in [5, 5.41) is 9.14. The Kier molecular flexibility index (Phi) is 6.41. The highest BCUT2D eigenvalue weighted by molar-refractivity contribution is 5.87. The Morgan fingerprint density at radius 2 is 2.00 bits per heavy atom. The van der Waals surface area contributed by atoms with Crippen LogP contribution >= 0.6 is 0 Å². The van der Waals surface area contributed by atoms with Gasteiger partial charge in [-0.25, -0.2) is 4.79 Å². The van der Waals surface area contributed by atoms with Crippen molar-refractivity contribution in [2.45, 2.75) is 58.5 Å². The summed E-state index contributed by atoms with van der Waals surface area (Å²) in [5.41, 5.74) is 0.472. The summed E-state index contributed by atoms with van der Waals surface area (Å²) in [6.07, 6.45) is 6.18. The zero-order valence-electron chi connectivity index (χ0n) is 11.7. The molecule has 0 spiro atoms. The molecule has 0 heterocycles. The minimum Gasteiger partial charge on any atom is -0.459 e. The number of rotatable bonds is 6. The minimum atomic E-state index is -0.266. The topological polar surface area (TPSA) is 46.5 Å². The Labute approximate surface area is 110 Å². The van der Waals surface area contributed by atoms with E-state index >= 15 is 0 Å².